The van der Waals surface area contributed by atoms with Gasteiger partial charge in [-0.25, -0.2) is 0 Å². The number of hydrogen-bond acceptors (Lipinski definition) is 2. The Morgan fingerprint density at radius 3 is 2.42 bits per heavy atom. The Kier molecular flexibility index (Phi) is 6.71. The van der Waals surface area contributed by atoms with Crippen LogP contribution in [-0.2, 0) is 4.79 Å². The van der Waals surface area contributed by atoms with E-state index in [-0.39, 0.29) is 5.91 Å². The van der Waals surface area contributed by atoms with Crippen LogP contribution >= 0.6 is 11.6 Å². The molecule has 0 heterocycles. The second-order valence-corrected chi connectivity index (χ2v) is 5.13. The van der Waals surface area contributed by atoms with Gasteiger partial charge < -0.3 is 10.2 Å². The van der Waals surface area contributed by atoms with Crippen LogP contribution in [0.25, 0.3) is 0 Å². The molecule has 1 amide bonds. The van der Waals surface area contributed by atoms with Gasteiger partial charge in [-0.1, -0.05) is 25.4 Å². The third-order valence-corrected chi connectivity index (χ3v) is 3.19. The number of halogens is 1. The maximum atomic E-state index is 12.1. The van der Waals surface area contributed by atoms with Crippen LogP contribution in [0.1, 0.15) is 32.3 Å². The molecule has 0 atom stereocenters. The number of hydrogen-bond donors (Lipinski definition) is 1. The minimum absolute atomic E-state index is 0.151. The third-order valence-electron chi connectivity index (χ3n) is 2.96. The molecule has 0 aliphatic rings. The lowest BCUT2D eigenvalue weighted by molar-refractivity contribution is -0.129. The summed E-state index contributed by atoms with van der Waals surface area (Å²) in [5, 5.41) is 3.90. The first-order valence-electron chi connectivity index (χ1n) is 6.86. The van der Waals surface area contributed by atoms with Crippen molar-refractivity contribution >= 4 is 23.2 Å². The van der Waals surface area contributed by atoms with Crippen LogP contribution in [0.3, 0.4) is 0 Å². The van der Waals surface area contributed by atoms with Crippen molar-refractivity contribution in [3.8, 4) is 0 Å². The second-order valence-electron chi connectivity index (χ2n) is 4.69. The van der Waals surface area contributed by atoms with Gasteiger partial charge in [0.2, 0.25) is 5.91 Å². The number of carbonyl (C=O) groups is 1. The molecule has 3 nitrogen and oxygen atoms in total. The summed E-state index contributed by atoms with van der Waals surface area (Å²) in [7, 11) is 0. The molecule has 4 heteroatoms. The molecular formula is C15H23ClN2O. The third kappa shape index (κ3) is 5.11. The Labute approximate surface area is 120 Å². The Bertz CT molecular complexity index is 415. The lowest BCUT2D eigenvalue weighted by atomic mass is 10.2. The van der Waals surface area contributed by atoms with Gasteiger partial charge in [0.1, 0.15) is 0 Å². The predicted octanol–water partition coefficient (Wildman–Crippen LogP) is 3.71. The molecule has 0 bridgehead atoms. The van der Waals surface area contributed by atoms with Crippen molar-refractivity contribution in [1.82, 2.24) is 4.90 Å². The zero-order valence-electron chi connectivity index (χ0n) is 12.0. The highest BCUT2D eigenvalue weighted by Crippen LogP contribution is 2.19. The van der Waals surface area contributed by atoms with Gasteiger partial charge in [0.05, 0.1) is 6.54 Å². The monoisotopic (exact) mass is 282 g/mol. The van der Waals surface area contributed by atoms with Crippen molar-refractivity contribution in [3.05, 3.63) is 28.8 Å². The Morgan fingerprint density at radius 1 is 1.26 bits per heavy atom. The number of nitrogens with zero attached hydrogens (tertiary/aromatic N) is 1. The number of rotatable bonds is 7. The maximum Gasteiger partial charge on any atom is 0.241 e. The van der Waals surface area contributed by atoms with Gasteiger partial charge >= 0.3 is 0 Å². The Morgan fingerprint density at radius 2 is 1.89 bits per heavy atom. The van der Waals surface area contributed by atoms with Crippen LogP contribution in [0.2, 0.25) is 5.02 Å². The van der Waals surface area contributed by atoms with Crippen molar-refractivity contribution < 1.29 is 4.79 Å². The van der Waals surface area contributed by atoms with Crippen LogP contribution in [0.5, 0.6) is 0 Å². The highest BCUT2D eigenvalue weighted by atomic mass is 35.5. The van der Waals surface area contributed by atoms with E-state index in [1.54, 1.807) is 0 Å². The predicted molar refractivity (Wildman–Crippen MR) is 81.8 cm³/mol. The van der Waals surface area contributed by atoms with E-state index in [0.717, 1.165) is 37.2 Å². The molecule has 0 aliphatic carbocycles. The second kappa shape index (κ2) is 8.05. The van der Waals surface area contributed by atoms with Crippen molar-refractivity contribution in [2.75, 3.05) is 25.0 Å². The number of carbonyl (C=O) groups excluding carboxylic acids is 1. The normalized spacial score (nSPS) is 10.3. The van der Waals surface area contributed by atoms with E-state index in [9.17, 15) is 4.79 Å². The zero-order chi connectivity index (χ0) is 14.3. The largest absolute Gasteiger partial charge is 0.376 e. The summed E-state index contributed by atoms with van der Waals surface area (Å²) in [4.78, 5) is 14.0. The van der Waals surface area contributed by atoms with Crippen LogP contribution in [-0.4, -0.2) is 30.4 Å². The van der Waals surface area contributed by atoms with E-state index in [4.69, 9.17) is 11.6 Å². The molecule has 19 heavy (non-hydrogen) atoms. The van der Waals surface area contributed by atoms with Gasteiger partial charge in [-0.3, -0.25) is 4.79 Å². The molecule has 1 aromatic rings. The SMILES string of the molecule is CCCN(CCC)C(=O)CNc1ccc(Cl)cc1C. The van der Waals surface area contributed by atoms with Crippen molar-refractivity contribution in [1.29, 1.82) is 0 Å². The molecule has 0 unspecified atom stereocenters. The highest BCUT2D eigenvalue weighted by molar-refractivity contribution is 6.30. The van der Waals surface area contributed by atoms with E-state index in [2.05, 4.69) is 19.2 Å². The molecule has 0 saturated carbocycles. The molecule has 1 rings (SSSR count). The van der Waals surface area contributed by atoms with Crippen molar-refractivity contribution in [3.63, 3.8) is 0 Å². The van der Waals surface area contributed by atoms with E-state index in [1.807, 2.05) is 30.0 Å². The molecule has 106 valence electrons. The first kappa shape index (κ1) is 15.8. The number of anilines is 1. The average molecular weight is 283 g/mol. The van der Waals surface area contributed by atoms with Gasteiger partial charge in [0.25, 0.3) is 0 Å². The summed E-state index contributed by atoms with van der Waals surface area (Å²) in [5.41, 5.74) is 2.02. The zero-order valence-corrected chi connectivity index (χ0v) is 12.8. The molecule has 0 saturated heterocycles. The van der Waals surface area contributed by atoms with E-state index < -0.39 is 0 Å². The summed E-state index contributed by atoms with van der Waals surface area (Å²) in [6, 6.07) is 5.64. The van der Waals surface area contributed by atoms with Crippen LogP contribution in [0.4, 0.5) is 5.69 Å². The first-order valence-corrected chi connectivity index (χ1v) is 7.24. The van der Waals surface area contributed by atoms with Crippen LogP contribution in [0, 0.1) is 6.92 Å². The maximum absolute atomic E-state index is 12.1. The molecular weight excluding hydrogens is 260 g/mol. The molecule has 0 aliphatic heterocycles. The van der Waals surface area contributed by atoms with Gasteiger partial charge in [-0.15, -0.1) is 0 Å². The fraction of sp³-hybridized carbons (Fsp3) is 0.533. The lowest BCUT2D eigenvalue weighted by Crippen LogP contribution is -2.36. The fourth-order valence-corrected chi connectivity index (χ4v) is 2.24. The molecule has 1 N–H and O–H groups in total. The van der Waals surface area contributed by atoms with Gasteiger partial charge in [-0.2, -0.15) is 0 Å². The quantitative estimate of drug-likeness (QED) is 0.827. The number of amides is 1. The summed E-state index contributed by atoms with van der Waals surface area (Å²) < 4.78 is 0. The fourth-order valence-electron chi connectivity index (χ4n) is 2.01. The molecule has 1 aromatic carbocycles. The minimum Gasteiger partial charge on any atom is -0.376 e. The van der Waals surface area contributed by atoms with Gasteiger partial charge in [0, 0.05) is 23.8 Å². The molecule has 0 radical (unpaired) electrons. The van der Waals surface area contributed by atoms with Gasteiger partial charge in [-0.05, 0) is 43.5 Å². The van der Waals surface area contributed by atoms with Crippen molar-refractivity contribution in [2.45, 2.75) is 33.6 Å². The molecule has 0 fully saturated rings. The summed E-state index contributed by atoms with van der Waals surface area (Å²) in [6.45, 7) is 8.15. The molecule has 0 spiro atoms. The van der Waals surface area contributed by atoms with E-state index >= 15 is 0 Å². The number of nitrogens with one attached hydrogen (secondary N) is 1. The average Bonchev–Trinajstić information content (AvgIpc) is 2.37. The van der Waals surface area contributed by atoms with Gasteiger partial charge in [0.15, 0.2) is 0 Å². The van der Waals surface area contributed by atoms with Crippen LogP contribution < -0.4 is 5.32 Å². The summed E-state index contributed by atoms with van der Waals surface area (Å²) in [6.07, 6.45) is 1.98. The smallest absolute Gasteiger partial charge is 0.241 e. The van der Waals surface area contributed by atoms with Crippen LogP contribution in [0.15, 0.2) is 18.2 Å². The summed E-state index contributed by atoms with van der Waals surface area (Å²) >= 11 is 5.91. The van der Waals surface area contributed by atoms with E-state index in [1.165, 1.54) is 0 Å². The lowest BCUT2D eigenvalue weighted by Gasteiger charge is -2.22. The first-order chi connectivity index (χ1) is 9.08. The number of aryl methyl sites for hydroxylation is 1. The molecule has 0 aromatic heterocycles. The summed E-state index contributed by atoms with van der Waals surface area (Å²) in [5.74, 6) is 0.151. The highest BCUT2D eigenvalue weighted by Gasteiger charge is 2.11. The minimum atomic E-state index is 0.151. The van der Waals surface area contributed by atoms with E-state index in [0.29, 0.717) is 11.6 Å². The standard InChI is InChI=1S/C15H23ClN2O/c1-4-8-18(9-5-2)15(19)11-17-14-7-6-13(16)10-12(14)3/h6-7,10,17H,4-5,8-9,11H2,1-3H3. The number of benzene rings is 1. The Hall–Kier alpha value is -1.22. The Balaban J connectivity index is 2.56. The topological polar surface area (TPSA) is 32.3 Å². The van der Waals surface area contributed by atoms with Crippen molar-refractivity contribution in [2.24, 2.45) is 0 Å².